The number of carbonyl (C=O) groups excluding carboxylic acids is 6. The van der Waals surface area contributed by atoms with Crippen LogP contribution >= 0.6 is 45.9 Å². The van der Waals surface area contributed by atoms with Gasteiger partial charge < -0.3 is 48.9 Å². The molecule has 4 fully saturated rings. The molecule has 24 heteroatoms. The minimum absolute atomic E-state index is 0.0940. The predicted molar refractivity (Wildman–Crippen MR) is 382 cm³/mol. The summed E-state index contributed by atoms with van der Waals surface area (Å²) in [6.45, 7) is 21.0. The van der Waals surface area contributed by atoms with E-state index in [1.165, 1.54) is 22.7 Å². The van der Waals surface area contributed by atoms with Crippen molar-refractivity contribution in [1.82, 2.24) is 40.4 Å². The number of fused-ring (bicyclic) bond motifs is 4. The monoisotopic (exact) mass is 1420 g/mol. The summed E-state index contributed by atoms with van der Waals surface area (Å²) in [7, 11) is 6.66. The summed E-state index contributed by atoms with van der Waals surface area (Å²) >= 11 is 16.6. The molecular formula is C74H90Cl2N8O12S2. The molecule has 98 heavy (non-hydrogen) atoms. The van der Waals surface area contributed by atoms with E-state index in [-0.39, 0.29) is 66.9 Å². The molecule has 4 aromatic heterocycles. The second-order valence-corrected chi connectivity index (χ2v) is 29.2. The van der Waals surface area contributed by atoms with Crippen LogP contribution in [0.15, 0.2) is 84.6 Å². The Bertz CT molecular complexity index is 4010. The Morgan fingerprint density at radius 2 is 1.32 bits per heavy atom. The number of nitrogens with zero attached hydrogens (tertiary/aromatic N) is 6. The maximum atomic E-state index is 14.1. The highest BCUT2D eigenvalue weighted by atomic mass is 35.5. The SMILES string of the molecule is C=CCCCCN(C)C(=O)[C@@H]1C[C@H](Oc2cc(-c3nc(C(C)C)cs3)nc3c(Cl)c(OC)ccc23)C[C@H]1C(=O)N[C@]1(C(=O)OCC)C[C@H]1C=C.CCOC(=O)[C@@]12C[C@H]1/C=C\CCCCN(C)C(=O)[C@@H]1C[C@H](Oc3cc(-c4nc(C(C)C)cs4)nc4c(Cl)c(OC)ccc34)C[C@H]1C(=O)N2. The number of aromatic nitrogens is 4. The standard InChI is InChI=1S/C38H47ClN4O6S.C36H43ClN4O6S/c1-8-11-12-13-16-43(6)36(45)27-18-24(17-26(27)34(44)42-38(20-23(38)9-2)37(46)48-10-3)49-31-19-28(35-41-29(21-50-35)22(4)5)40-33-25(31)14-15-30(47-7)32(33)39;1-6-46-35(44)36-18-21(36)11-9-7-8-10-14-41(4)34(43)25-16-22(15-24(25)32(42)40-36)47-29-17-26(33-39-27(19-48-33)20(2)3)38-31-23(29)12-13-28(45-5)30(31)37/h8-9,14-15,19,21-24,26-27H,1-2,10-13,16-18,20H2,3-7H3,(H,42,44);9,11-13,17,19-22,24-25H,6-8,10,14-16,18H2,1-5H3,(H,40,42)/b;11-9-/t23-,24-,26-,27-,38-;21-,22-,24-,25-,36-/m11/s1. The molecule has 11 rings (SSSR count). The van der Waals surface area contributed by atoms with Crippen molar-refractivity contribution in [2.45, 2.75) is 154 Å². The van der Waals surface area contributed by atoms with E-state index in [0.717, 1.165) is 59.9 Å². The van der Waals surface area contributed by atoms with Crippen molar-refractivity contribution in [3.8, 4) is 44.4 Å². The van der Waals surface area contributed by atoms with Crippen LogP contribution in [0.3, 0.4) is 0 Å². The van der Waals surface area contributed by atoms with Crippen LogP contribution in [0.25, 0.3) is 43.2 Å². The van der Waals surface area contributed by atoms with Crippen LogP contribution in [0.2, 0.25) is 10.0 Å². The zero-order valence-electron chi connectivity index (χ0n) is 57.6. The summed E-state index contributed by atoms with van der Waals surface area (Å²) < 4.78 is 35.2. The first-order valence-electron chi connectivity index (χ1n) is 34.0. The fourth-order valence-electron chi connectivity index (χ4n) is 13.5. The highest BCUT2D eigenvalue weighted by Crippen LogP contribution is 2.50. The van der Waals surface area contributed by atoms with Crippen molar-refractivity contribution in [1.29, 1.82) is 0 Å². The first-order chi connectivity index (χ1) is 47.0. The molecule has 5 heterocycles. The second kappa shape index (κ2) is 31.7. The van der Waals surface area contributed by atoms with Gasteiger partial charge in [0.05, 0.1) is 73.5 Å². The molecule has 4 saturated carbocycles. The summed E-state index contributed by atoms with van der Waals surface area (Å²) in [5.41, 5.74) is 1.86. The van der Waals surface area contributed by atoms with E-state index in [1.807, 2.05) is 47.2 Å². The minimum Gasteiger partial charge on any atom is -0.495 e. The van der Waals surface area contributed by atoms with E-state index in [1.54, 1.807) is 70.2 Å². The zero-order valence-corrected chi connectivity index (χ0v) is 60.7. The molecule has 1 aliphatic heterocycles. The molecule has 0 radical (unpaired) electrons. The molecule has 4 aliphatic carbocycles. The maximum absolute atomic E-state index is 14.1. The largest absolute Gasteiger partial charge is 0.495 e. The molecule has 0 saturated heterocycles. The number of allylic oxidation sites excluding steroid dienone is 2. The zero-order chi connectivity index (χ0) is 70.3. The number of amides is 4. The van der Waals surface area contributed by atoms with Crippen LogP contribution in [-0.2, 0) is 38.2 Å². The fraction of sp³-hybridized carbons (Fsp3) is 0.514. The summed E-state index contributed by atoms with van der Waals surface area (Å²) in [5, 5.41) is 13.6. The van der Waals surface area contributed by atoms with Crippen LogP contribution in [-0.4, -0.2) is 143 Å². The topological polar surface area (TPSA) is 240 Å². The summed E-state index contributed by atoms with van der Waals surface area (Å²) in [4.78, 5) is 105. The van der Waals surface area contributed by atoms with Crippen molar-refractivity contribution in [2.75, 3.05) is 54.6 Å². The van der Waals surface area contributed by atoms with Gasteiger partial charge in [-0.25, -0.2) is 29.5 Å². The van der Waals surface area contributed by atoms with Gasteiger partial charge in [-0.1, -0.05) is 75.2 Å². The lowest BCUT2D eigenvalue weighted by atomic mass is 9.93. The van der Waals surface area contributed by atoms with Gasteiger partial charge in [0.15, 0.2) is 0 Å². The van der Waals surface area contributed by atoms with E-state index in [4.69, 9.17) is 71.6 Å². The smallest absolute Gasteiger partial charge is 0.332 e. The average Bonchev–Trinajstić information content (AvgIpc) is 1.56. The average molecular weight is 1420 g/mol. The Morgan fingerprint density at radius 3 is 1.85 bits per heavy atom. The number of esters is 2. The number of carbonyl (C=O) groups is 6. The number of benzene rings is 2. The van der Waals surface area contributed by atoms with Gasteiger partial charge in [-0.3, -0.25) is 19.2 Å². The maximum Gasteiger partial charge on any atom is 0.332 e. The Kier molecular flexibility index (Phi) is 23.6. The number of unbranched alkanes of at least 4 members (excludes halogenated alkanes) is 2. The van der Waals surface area contributed by atoms with Crippen molar-refractivity contribution in [3.05, 3.63) is 106 Å². The molecule has 0 spiro atoms. The molecule has 6 aromatic rings. The van der Waals surface area contributed by atoms with Crippen LogP contribution < -0.4 is 29.6 Å². The molecule has 10 atom stereocenters. The van der Waals surface area contributed by atoms with Crippen molar-refractivity contribution in [3.63, 3.8) is 0 Å². The summed E-state index contributed by atoms with van der Waals surface area (Å²) in [6.07, 6.45) is 13.9. The lowest BCUT2D eigenvalue weighted by Gasteiger charge is -2.26. The number of methoxy groups -OCH3 is 2. The van der Waals surface area contributed by atoms with Crippen molar-refractivity contribution >= 4 is 103 Å². The molecular weight excluding hydrogens is 1330 g/mol. The molecule has 2 N–H and O–H groups in total. The number of ether oxygens (including phenoxy) is 6. The van der Waals surface area contributed by atoms with Gasteiger partial charge in [0.1, 0.15) is 77.7 Å². The first-order valence-corrected chi connectivity index (χ1v) is 36.5. The fourth-order valence-corrected chi connectivity index (χ4v) is 16.0. The van der Waals surface area contributed by atoms with E-state index in [9.17, 15) is 28.8 Å². The number of halogens is 2. The van der Waals surface area contributed by atoms with Gasteiger partial charge in [0.2, 0.25) is 23.6 Å². The second-order valence-electron chi connectivity index (χ2n) is 26.7. The van der Waals surface area contributed by atoms with Gasteiger partial charge in [-0.15, -0.1) is 35.8 Å². The van der Waals surface area contributed by atoms with Gasteiger partial charge >= 0.3 is 11.9 Å². The lowest BCUT2D eigenvalue weighted by molar-refractivity contribution is -0.150. The van der Waals surface area contributed by atoms with Gasteiger partial charge in [0, 0.05) is 72.7 Å². The normalized spacial score (nSPS) is 24.7. The quantitative estimate of drug-likeness (QED) is 0.0344. The third-order valence-electron chi connectivity index (χ3n) is 19.4. The Balaban J connectivity index is 0.000000213. The number of pyridine rings is 2. The van der Waals surface area contributed by atoms with E-state index < -0.39 is 58.9 Å². The number of hydrogen-bond donors (Lipinski definition) is 2. The predicted octanol–water partition coefficient (Wildman–Crippen LogP) is 13.9. The van der Waals surface area contributed by atoms with Crippen LogP contribution in [0, 0.1) is 35.5 Å². The summed E-state index contributed by atoms with van der Waals surface area (Å²) in [5.74, 6) is -2.40. The number of nitrogens with one attached hydrogen (secondary N) is 2. The van der Waals surface area contributed by atoms with E-state index >= 15 is 0 Å². The van der Waals surface area contributed by atoms with E-state index in [0.29, 0.717) is 111 Å². The highest BCUT2D eigenvalue weighted by molar-refractivity contribution is 7.13. The Morgan fingerprint density at radius 1 is 0.755 bits per heavy atom. The molecule has 524 valence electrons. The molecule has 5 aliphatic rings. The van der Waals surface area contributed by atoms with Crippen LogP contribution in [0.5, 0.6) is 23.0 Å². The van der Waals surface area contributed by atoms with Gasteiger partial charge in [-0.2, -0.15) is 0 Å². The van der Waals surface area contributed by atoms with Gasteiger partial charge in [-0.05, 0) is 127 Å². The number of hydrogen-bond acceptors (Lipinski definition) is 18. The van der Waals surface area contributed by atoms with Crippen molar-refractivity contribution in [2.24, 2.45) is 35.5 Å². The van der Waals surface area contributed by atoms with Crippen LogP contribution in [0.4, 0.5) is 0 Å². The van der Waals surface area contributed by atoms with Crippen LogP contribution in [0.1, 0.15) is 142 Å². The lowest BCUT2D eigenvalue weighted by Crippen LogP contribution is -2.50. The molecule has 4 amide bonds. The Labute approximate surface area is 591 Å². The molecule has 2 aromatic carbocycles. The highest BCUT2D eigenvalue weighted by Gasteiger charge is 2.63. The molecule has 20 nitrogen and oxygen atoms in total. The minimum atomic E-state index is -1.17. The number of thiazole rings is 2. The van der Waals surface area contributed by atoms with E-state index in [2.05, 4.69) is 57.6 Å². The third-order valence-corrected chi connectivity index (χ3v) is 21.9. The van der Waals surface area contributed by atoms with Gasteiger partial charge in [0.25, 0.3) is 0 Å². The Hall–Kier alpha value is -7.66. The molecule has 0 bridgehead atoms. The number of rotatable bonds is 23. The van der Waals surface area contributed by atoms with Crippen molar-refractivity contribution < 1.29 is 57.2 Å². The molecule has 0 unspecified atom stereocenters. The first kappa shape index (κ1) is 73.1. The summed E-state index contributed by atoms with van der Waals surface area (Å²) in [6, 6.07) is 10.9. The third kappa shape index (κ3) is 15.7.